The Morgan fingerprint density at radius 1 is 1.00 bits per heavy atom. The molecule has 1 aliphatic carbocycles. The van der Waals surface area contributed by atoms with Crippen molar-refractivity contribution in [2.75, 3.05) is 24.7 Å². The number of benzene rings is 2. The maximum Gasteiger partial charge on any atom is 0.339 e. The Labute approximate surface area is 203 Å². The van der Waals surface area contributed by atoms with E-state index in [9.17, 15) is 4.79 Å². The summed E-state index contributed by atoms with van der Waals surface area (Å²) in [4.78, 5) is 32.9. The lowest BCUT2D eigenvalue weighted by Crippen LogP contribution is -2.19. The van der Waals surface area contributed by atoms with Gasteiger partial charge < -0.3 is 15.4 Å². The molecule has 0 aliphatic heterocycles. The van der Waals surface area contributed by atoms with Crippen LogP contribution < -0.4 is 10.6 Å². The van der Waals surface area contributed by atoms with Gasteiger partial charge in [-0.1, -0.05) is 48.5 Å². The third-order valence-corrected chi connectivity index (χ3v) is 5.99. The fourth-order valence-electron chi connectivity index (χ4n) is 4.31. The van der Waals surface area contributed by atoms with Crippen LogP contribution >= 0.6 is 0 Å². The van der Waals surface area contributed by atoms with E-state index in [2.05, 4.69) is 33.2 Å². The van der Waals surface area contributed by atoms with Crippen LogP contribution in [0, 0.1) is 0 Å². The van der Waals surface area contributed by atoms with Crippen molar-refractivity contribution in [2.24, 2.45) is 0 Å². The van der Waals surface area contributed by atoms with Crippen molar-refractivity contribution in [3.05, 3.63) is 82.8 Å². The van der Waals surface area contributed by atoms with Crippen LogP contribution in [-0.2, 0) is 11.2 Å². The number of hydrogen-bond donors (Lipinski definition) is 1. The van der Waals surface area contributed by atoms with Crippen molar-refractivity contribution in [2.45, 2.75) is 25.9 Å². The van der Waals surface area contributed by atoms with Gasteiger partial charge in [0, 0.05) is 19.5 Å². The maximum atomic E-state index is 13.6. The molecule has 8 heteroatoms. The zero-order valence-corrected chi connectivity index (χ0v) is 19.9. The number of fused-ring (bicyclic) bond motifs is 2. The van der Waals surface area contributed by atoms with Gasteiger partial charge in [0.15, 0.2) is 11.9 Å². The van der Waals surface area contributed by atoms with E-state index in [0.717, 1.165) is 39.7 Å². The zero-order valence-electron chi connectivity index (χ0n) is 19.9. The molecule has 0 amide bonds. The molecule has 176 valence electrons. The standard InChI is InChI=1S/C27H26N6O2/c1-16(24-30-26(28)32-27(31-24)33(2)3)35-25(34)22-19-11-7-8-12-21(19)29-23-18(13-14-20(22)23)15-17-9-5-4-6-10-17/h4-12,15-16H,13-14H2,1-3H3,(H2,28,30,31,32)/b18-15-. The molecule has 2 N–H and O–H groups in total. The van der Waals surface area contributed by atoms with Crippen LogP contribution in [-0.4, -0.2) is 40.0 Å². The highest BCUT2D eigenvalue weighted by molar-refractivity contribution is 6.07. The SMILES string of the molecule is CC(OC(=O)c1c2c(nc3ccccc13)/C(=C\c1ccccc1)CC2)c1nc(N)nc(N(C)C)n1. The van der Waals surface area contributed by atoms with E-state index in [1.807, 2.05) is 56.6 Å². The van der Waals surface area contributed by atoms with E-state index >= 15 is 0 Å². The number of hydrogen-bond acceptors (Lipinski definition) is 8. The summed E-state index contributed by atoms with van der Waals surface area (Å²) in [5.74, 6) is 0.349. The molecule has 0 fully saturated rings. The Morgan fingerprint density at radius 3 is 2.51 bits per heavy atom. The van der Waals surface area contributed by atoms with Gasteiger partial charge in [-0.2, -0.15) is 15.0 Å². The number of esters is 1. The van der Waals surface area contributed by atoms with Crippen molar-refractivity contribution in [1.82, 2.24) is 19.9 Å². The maximum absolute atomic E-state index is 13.6. The number of nitrogens with two attached hydrogens (primary N) is 1. The zero-order chi connectivity index (χ0) is 24.5. The Hall–Kier alpha value is -4.33. The van der Waals surface area contributed by atoms with Gasteiger partial charge in [-0.05, 0) is 48.6 Å². The summed E-state index contributed by atoms with van der Waals surface area (Å²) in [6, 6.07) is 17.8. The van der Waals surface area contributed by atoms with Gasteiger partial charge in [-0.25, -0.2) is 9.78 Å². The van der Waals surface area contributed by atoms with E-state index in [-0.39, 0.29) is 5.95 Å². The first-order chi connectivity index (χ1) is 16.9. The van der Waals surface area contributed by atoms with Gasteiger partial charge >= 0.3 is 5.97 Å². The van der Waals surface area contributed by atoms with Crippen LogP contribution in [0.3, 0.4) is 0 Å². The van der Waals surface area contributed by atoms with Gasteiger partial charge in [-0.15, -0.1) is 0 Å². The second-order valence-electron chi connectivity index (χ2n) is 8.71. The molecule has 0 saturated heterocycles. The van der Waals surface area contributed by atoms with Crippen LogP contribution in [0.2, 0.25) is 0 Å². The monoisotopic (exact) mass is 466 g/mol. The number of rotatable bonds is 5. The second-order valence-corrected chi connectivity index (χ2v) is 8.71. The highest BCUT2D eigenvalue weighted by Crippen LogP contribution is 2.38. The summed E-state index contributed by atoms with van der Waals surface area (Å²) in [5, 5.41) is 0.772. The van der Waals surface area contributed by atoms with Crippen molar-refractivity contribution < 1.29 is 9.53 Å². The van der Waals surface area contributed by atoms with E-state index in [1.165, 1.54) is 0 Å². The number of carbonyl (C=O) groups excluding carboxylic acids is 1. The molecule has 0 bridgehead atoms. The molecule has 0 saturated carbocycles. The Morgan fingerprint density at radius 2 is 1.74 bits per heavy atom. The lowest BCUT2D eigenvalue weighted by atomic mass is 10.0. The number of para-hydroxylation sites is 1. The summed E-state index contributed by atoms with van der Waals surface area (Å²) < 4.78 is 5.89. The molecule has 35 heavy (non-hydrogen) atoms. The number of allylic oxidation sites excluding steroid dienone is 1. The van der Waals surface area contributed by atoms with Gasteiger partial charge in [0.25, 0.3) is 0 Å². The summed E-state index contributed by atoms with van der Waals surface area (Å²) >= 11 is 0. The molecule has 1 atom stereocenters. The first-order valence-electron chi connectivity index (χ1n) is 11.5. The molecule has 2 heterocycles. The molecule has 4 aromatic rings. The summed E-state index contributed by atoms with van der Waals surface area (Å²) in [5.41, 5.74) is 11.1. The Bertz CT molecular complexity index is 1450. The first-order valence-corrected chi connectivity index (χ1v) is 11.5. The van der Waals surface area contributed by atoms with Crippen LogP contribution in [0.5, 0.6) is 0 Å². The van der Waals surface area contributed by atoms with Crippen LogP contribution in [0.25, 0.3) is 22.6 Å². The minimum Gasteiger partial charge on any atom is -0.451 e. The van der Waals surface area contributed by atoms with Crippen molar-refractivity contribution in [3.8, 4) is 0 Å². The molecule has 0 radical (unpaired) electrons. The van der Waals surface area contributed by atoms with Gasteiger partial charge in [0.05, 0.1) is 16.8 Å². The predicted molar refractivity (Wildman–Crippen MR) is 137 cm³/mol. The molecule has 1 aliphatic rings. The van der Waals surface area contributed by atoms with Crippen LogP contribution in [0.1, 0.15) is 52.5 Å². The topological polar surface area (TPSA) is 107 Å². The van der Waals surface area contributed by atoms with E-state index in [1.54, 1.807) is 11.8 Å². The molecule has 8 nitrogen and oxygen atoms in total. The second kappa shape index (κ2) is 9.13. The number of nitrogen functional groups attached to an aromatic ring is 1. The summed E-state index contributed by atoms with van der Waals surface area (Å²) in [6.45, 7) is 1.73. The fourth-order valence-corrected chi connectivity index (χ4v) is 4.31. The molecular formula is C27H26N6O2. The molecule has 5 rings (SSSR count). The quantitative estimate of drug-likeness (QED) is 0.429. The summed E-state index contributed by atoms with van der Waals surface area (Å²) in [6.07, 6.45) is 2.95. The van der Waals surface area contributed by atoms with Gasteiger partial charge in [-0.3, -0.25) is 0 Å². The average Bonchev–Trinajstić information content (AvgIpc) is 3.24. The van der Waals surface area contributed by atoms with Gasteiger partial charge in [0.2, 0.25) is 11.9 Å². The molecule has 2 aromatic heterocycles. The average molecular weight is 467 g/mol. The Balaban J connectivity index is 1.54. The number of carbonyl (C=O) groups is 1. The highest BCUT2D eigenvalue weighted by Gasteiger charge is 2.29. The smallest absolute Gasteiger partial charge is 0.339 e. The number of anilines is 2. The largest absolute Gasteiger partial charge is 0.451 e. The molecule has 2 aromatic carbocycles. The fraction of sp³-hybridized carbons (Fsp3) is 0.222. The van der Waals surface area contributed by atoms with E-state index < -0.39 is 12.1 Å². The molecule has 1 unspecified atom stereocenters. The first kappa shape index (κ1) is 22.5. The number of pyridine rings is 1. The predicted octanol–water partition coefficient (Wildman–Crippen LogP) is 4.47. The third-order valence-electron chi connectivity index (χ3n) is 5.99. The molecular weight excluding hydrogens is 440 g/mol. The number of aromatic nitrogens is 4. The number of ether oxygens (including phenoxy) is 1. The summed E-state index contributed by atoms with van der Waals surface area (Å²) in [7, 11) is 3.62. The van der Waals surface area contributed by atoms with Crippen molar-refractivity contribution in [1.29, 1.82) is 0 Å². The Kier molecular flexibility index (Phi) is 5.86. The molecule has 0 spiro atoms. The minimum absolute atomic E-state index is 0.0764. The van der Waals surface area contributed by atoms with E-state index in [4.69, 9.17) is 15.5 Å². The van der Waals surface area contributed by atoms with Gasteiger partial charge in [0.1, 0.15) is 0 Å². The van der Waals surface area contributed by atoms with Crippen LogP contribution in [0.15, 0.2) is 54.6 Å². The lowest BCUT2D eigenvalue weighted by Gasteiger charge is -2.17. The normalized spacial score (nSPS) is 14.7. The lowest BCUT2D eigenvalue weighted by molar-refractivity contribution is 0.0321. The minimum atomic E-state index is -0.713. The van der Waals surface area contributed by atoms with E-state index in [0.29, 0.717) is 23.8 Å². The van der Waals surface area contributed by atoms with Crippen LogP contribution in [0.4, 0.5) is 11.9 Å². The number of nitrogens with zero attached hydrogens (tertiary/aromatic N) is 5. The van der Waals surface area contributed by atoms with Crippen molar-refractivity contribution in [3.63, 3.8) is 0 Å². The third kappa shape index (κ3) is 4.42. The highest BCUT2D eigenvalue weighted by atomic mass is 16.5. The van der Waals surface area contributed by atoms with Crippen molar-refractivity contribution >= 4 is 40.4 Å².